The summed E-state index contributed by atoms with van der Waals surface area (Å²) in [6.07, 6.45) is 1.90. The van der Waals surface area contributed by atoms with E-state index in [4.69, 9.17) is 5.73 Å². The van der Waals surface area contributed by atoms with Crippen molar-refractivity contribution in [2.45, 2.75) is 23.6 Å². The van der Waals surface area contributed by atoms with Crippen LogP contribution in [0.5, 0.6) is 0 Å². The number of amides is 2. The third-order valence-corrected chi connectivity index (χ3v) is 7.66. The molecule has 0 aliphatic carbocycles. The van der Waals surface area contributed by atoms with Crippen LogP contribution in [0.3, 0.4) is 0 Å². The molecule has 0 heterocycles. The van der Waals surface area contributed by atoms with Gasteiger partial charge in [0.25, 0.3) is 10.0 Å². The molecule has 3 N–H and O–H groups in total. The topological polar surface area (TPSA) is 110 Å². The van der Waals surface area contributed by atoms with Crippen molar-refractivity contribution in [3.63, 3.8) is 0 Å². The van der Waals surface area contributed by atoms with E-state index in [1.165, 1.54) is 23.9 Å². The number of nitrogens with zero attached hydrogens (tertiary/aromatic N) is 1. The predicted molar refractivity (Wildman–Crippen MR) is 132 cm³/mol. The lowest BCUT2D eigenvalue weighted by Gasteiger charge is -2.24. The minimum absolute atomic E-state index is 0.0839. The van der Waals surface area contributed by atoms with E-state index in [2.05, 4.69) is 5.32 Å². The Morgan fingerprint density at radius 1 is 0.970 bits per heavy atom. The number of nitrogens with one attached hydrogen (secondary N) is 1. The summed E-state index contributed by atoms with van der Waals surface area (Å²) in [5.74, 6) is -1.16. The first-order chi connectivity index (χ1) is 15.6. The molecule has 7 nitrogen and oxygen atoms in total. The molecule has 0 unspecified atom stereocenters. The first kappa shape index (κ1) is 24.3. The number of primary amides is 1. The molecule has 3 aromatic rings. The van der Waals surface area contributed by atoms with Gasteiger partial charge in [0, 0.05) is 16.1 Å². The molecule has 33 heavy (non-hydrogen) atoms. The zero-order valence-electron chi connectivity index (χ0n) is 18.5. The van der Waals surface area contributed by atoms with Crippen LogP contribution in [0.4, 0.5) is 11.4 Å². The Balaban J connectivity index is 1.95. The van der Waals surface area contributed by atoms with E-state index >= 15 is 0 Å². The summed E-state index contributed by atoms with van der Waals surface area (Å²) in [7, 11) is -4.02. The molecule has 0 aliphatic heterocycles. The smallest absolute Gasteiger partial charge is 0.264 e. The summed E-state index contributed by atoms with van der Waals surface area (Å²) in [4.78, 5) is 25.6. The Kier molecular flexibility index (Phi) is 7.45. The van der Waals surface area contributed by atoms with Gasteiger partial charge in [0.05, 0.1) is 10.6 Å². The number of sulfonamides is 1. The fraction of sp³-hybridized carbons (Fsp3) is 0.167. The second-order valence-electron chi connectivity index (χ2n) is 7.41. The highest BCUT2D eigenvalue weighted by Crippen LogP contribution is 2.26. The average molecular weight is 484 g/mol. The third kappa shape index (κ3) is 5.55. The van der Waals surface area contributed by atoms with Gasteiger partial charge in [-0.1, -0.05) is 23.8 Å². The molecule has 3 rings (SSSR count). The Labute approximate surface area is 198 Å². The van der Waals surface area contributed by atoms with Crippen molar-refractivity contribution < 1.29 is 18.0 Å². The number of thioether (sulfide) groups is 1. The van der Waals surface area contributed by atoms with Crippen molar-refractivity contribution in [1.29, 1.82) is 0 Å². The number of benzene rings is 3. The second kappa shape index (κ2) is 10.1. The van der Waals surface area contributed by atoms with Gasteiger partial charge >= 0.3 is 0 Å². The molecule has 0 spiro atoms. The largest absolute Gasteiger partial charge is 0.366 e. The van der Waals surface area contributed by atoms with Crippen LogP contribution < -0.4 is 15.4 Å². The van der Waals surface area contributed by atoms with E-state index in [1.54, 1.807) is 61.5 Å². The van der Waals surface area contributed by atoms with E-state index < -0.39 is 28.4 Å². The van der Waals surface area contributed by atoms with Crippen LogP contribution >= 0.6 is 11.8 Å². The molecule has 0 atom stereocenters. The summed E-state index contributed by atoms with van der Waals surface area (Å²) in [5, 5.41) is 2.70. The van der Waals surface area contributed by atoms with Gasteiger partial charge in [-0.25, -0.2) is 8.42 Å². The lowest BCUT2D eigenvalue weighted by Crippen LogP contribution is -2.38. The van der Waals surface area contributed by atoms with Crippen LogP contribution in [0, 0.1) is 13.8 Å². The van der Waals surface area contributed by atoms with E-state index in [0.717, 1.165) is 14.8 Å². The fourth-order valence-corrected chi connectivity index (χ4v) is 5.09. The Morgan fingerprint density at radius 2 is 1.61 bits per heavy atom. The van der Waals surface area contributed by atoms with Crippen LogP contribution in [-0.4, -0.2) is 33.0 Å². The van der Waals surface area contributed by atoms with E-state index in [0.29, 0.717) is 16.9 Å². The van der Waals surface area contributed by atoms with E-state index in [9.17, 15) is 18.0 Å². The minimum Gasteiger partial charge on any atom is -0.366 e. The van der Waals surface area contributed by atoms with Crippen molar-refractivity contribution in [3.8, 4) is 0 Å². The average Bonchev–Trinajstić information content (AvgIpc) is 2.79. The molecule has 0 saturated heterocycles. The zero-order chi connectivity index (χ0) is 24.2. The monoisotopic (exact) mass is 483 g/mol. The number of hydrogen-bond acceptors (Lipinski definition) is 5. The fourth-order valence-electron chi connectivity index (χ4n) is 3.26. The normalized spacial score (nSPS) is 11.1. The number of anilines is 2. The summed E-state index contributed by atoms with van der Waals surface area (Å²) in [6, 6.07) is 18.2. The highest BCUT2D eigenvalue weighted by molar-refractivity contribution is 7.98. The third-order valence-electron chi connectivity index (χ3n) is 5.13. The summed E-state index contributed by atoms with van der Waals surface area (Å²) in [6.45, 7) is 3.11. The van der Waals surface area contributed by atoms with Crippen LogP contribution in [0.2, 0.25) is 0 Å². The number of aryl methyl sites for hydroxylation is 1. The van der Waals surface area contributed by atoms with Gasteiger partial charge in [0.1, 0.15) is 6.54 Å². The van der Waals surface area contributed by atoms with Crippen molar-refractivity contribution in [3.05, 3.63) is 83.4 Å². The number of rotatable bonds is 8. The van der Waals surface area contributed by atoms with Crippen LogP contribution in [0.1, 0.15) is 21.5 Å². The molecule has 2 amide bonds. The Morgan fingerprint density at radius 3 is 2.18 bits per heavy atom. The summed E-state index contributed by atoms with van der Waals surface area (Å²) in [5.41, 5.74) is 7.90. The highest BCUT2D eigenvalue weighted by Gasteiger charge is 2.27. The maximum absolute atomic E-state index is 13.5. The van der Waals surface area contributed by atoms with Gasteiger partial charge in [-0.2, -0.15) is 0 Å². The molecule has 0 radical (unpaired) electrons. The molecule has 3 aromatic carbocycles. The van der Waals surface area contributed by atoms with Crippen LogP contribution in [0.25, 0.3) is 0 Å². The SMILES string of the molecule is CSc1ccc(S(=O)(=O)N(CC(=O)Nc2cccc(C(N)=O)c2C)c2ccc(C)cc2)cc1. The van der Waals surface area contributed by atoms with Crippen molar-refractivity contribution >= 4 is 45.0 Å². The van der Waals surface area contributed by atoms with Gasteiger partial charge in [0.15, 0.2) is 0 Å². The molecule has 0 saturated carbocycles. The Hall–Kier alpha value is -3.30. The zero-order valence-corrected chi connectivity index (χ0v) is 20.2. The quantitative estimate of drug-likeness (QED) is 0.472. The molecule has 9 heteroatoms. The van der Waals surface area contributed by atoms with Gasteiger partial charge in [0.2, 0.25) is 11.8 Å². The predicted octanol–water partition coefficient (Wildman–Crippen LogP) is 3.96. The standard InChI is InChI=1S/C24H25N3O4S2/c1-16-7-9-18(10-8-16)27(33(30,31)20-13-11-19(32-3)12-14-20)15-23(28)26-22-6-4-5-21(17(22)2)24(25)29/h4-14H,15H2,1-3H3,(H2,25,29)(H,26,28). The number of nitrogens with two attached hydrogens (primary N) is 1. The first-order valence-electron chi connectivity index (χ1n) is 10.1. The lowest BCUT2D eigenvalue weighted by molar-refractivity contribution is -0.114. The summed E-state index contributed by atoms with van der Waals surface area (Å²) < 4.78 is 28.1. The van der Waals surface area contributed by atoms with Gasteiger partial charge in [-0.15, -0.1) is 11.8 Å². The van der Waals surface area contributed by atoms with Crippen molar-refractivity contribution in [1.82, 2.24) is 0 Å². The summed E-state index contributed by atoms with van der Waals surface area (Å²) >= 11 is 1.51. The minimum atomic E-state index is -4.02. The molecule has 0 aromatic heterocycles. The molecule has 172 valence electrons. The number of carbonyl (C=O) groups excluding carboxylic acids is 2. The van der Waals surface area contributed by atoms with E-state index in [-0.39, 0.29) is 10.5 Å². The number of carbonyl (C=O) groups is 2. The highest BCUT2D eigenvalue weighted by atomic mass is 32.2. The van der Waals surface area contributed by atoms with E-state index in [1.807, 2.05) is 13.2 Å². The molecule has 0 fully saturated rings. The second-order valence-corrected chi connectivity index (χ2v) is 10.2. The number of hydrogen-bond donors (Lipinski definition) is 2. The van der Waals surface area contributed by atoms with Crippen molar-refractivity contribution in [2.75, 3.05) is 22.4 Å². The van der Waals surface area contributed by atoms with Crippen molar-refractivity contribution in [2.24, 2.45) is 5.73 Å². The Bertz CT molecular complexity index is 1270. The van der Waals surface area contributed by atoms with Gasteiger partial charge in [-0.05, 0) is 74.2 Å². The molecule has 0 bridgehead atoms. The van der Waals surface area contributed by atoms with Crippen LogP contribution in [-0.2, 0) is 14.8 Å². The van der Waals surface area contributed by atoms with Gasteiger partial charge in [-0.3, -0.25) is 13.9 Å². The molecular weight excluding hydrogens is 458 g/mol. The van der Waals surface area contributed by atoms with Crippen LogP contribution in [0.15, 0.2) is 76.5 Å². The maximum atomic E-state index is 13.5. The van der Waals surface area contributed by atoms with Gasteiger partial charge < -0.3 is 11.1 Å². The first-order valence-corrected chi connectivity index (χ1v) is 12.7. The molecule has 0 aliphatic rings. The molecular formula is C24H25N3O4S2. The maximum Gasteiger partial charge on any atom is 0.264 e. The lowest BCUT2D eigenvalue weighted by atomic mass is 10.1.